The summed E-state index contributed by atoms with van der Waals surface area (Å²) in [5.41, 5.74) is 2.96. The van der Waals surface area contributed by atoms with E-state index in [1.807, 2.05) is 6.92 Å². The molecule has 0 amide bonds. The summed E-state index contributed by atoms with van der Waals surface area (Å²) in [7, 11) is 0. The second-order valence-electron chi connectivity index (χ2n) is 7.51. The lowest BCUT2D eigenvalue weighted by Crippen LogP contribution is -2.48. The largest absolute Gasteiger partial charge is 0.394 e. The van der Waals surface area contributed by atoms with E-state index in [0.29, 0.717) is 6.54 Å². The average Bonchev–Trinajstić information content (AvgIpc) is 3.05. The highest BCUT2D eigenvalue weighted by atomic mass is 16.3. The van der Waals surface area contributed by atoms with Gasteiger partial charge in [0.25, 0.3) is 0 Å². The summed E-state index contributed by atoms with van der Waals surface area (Å²) in [6.45, 7) is 5.29. The van der Waals surface area contributed by atoms with Crippen LogP contribution in [-0.2, 0) is 13.1 Å². The SMILES string of the molecule is CCn1c2cc(CNC(C)(CO)CO)ccc2c2ccc3ccccc3c21. The highest BCUT2D eigenvalue weighted by Gasteiger charge is 2.21. The zero-order valence-corrected chi connectivity index (χ0v) is 15.9. The molecule has 0 bridgehead atoms. The molecule has 0 spiro atoms. The molecule has 27 heavy (non-hydrogen) atoms. The van der Waals surface area contributed by atoms with E-state index < -0.39 is 5.54 Å². The summed E-state index contributed by atoms with van der Waals surface area (Å²) in [5, 5.41) is 27.3. The van der Waals surface area contributed by atoms with Crippen molar-refractivity contribution in [3.8, 4) is 0 Å². The molecule has 0 saturated heterocycles. The van der Waals surface area contributed by atoms with Crippen molar-refractivity contribution in [2.75, 3.05) is 13.2 Å². The molecule has 0 atom stereocenters. The molecule has 0 aliphatic carbocycles. The normalized spacial score (nSPS) is 12.4. The quantitative estimate of drug-likeness (QED) is 0.489. The van der Waals surface area contributed by atoms with Crippen LogP contribution in [0.15, 0.2) is 54.6 Å². The Morgan fingerprint density at radius 2 is 1.67 bits per heavy atom. The zero-order valence-electron chi connectivity index (χ0n) is 15.9. The number of nitrogens with zero attached hydrogens (tertiary/aromatic N) is 1. The third kappa shape index (κ3) is 3.00. The third-order valence-electron chi connectivity index (χ3n) is 5.55. The molecule has 4 heteroatoms. The van der Waals surface area contributed by atoms with Gasteiger partial charge in [-0.15, -0.1) is 0 Å². The van der Waals surface area contributed by atoms with Gasteiger partial charge in [-0.2, -0.15) is 0 Å². The minimum absolute atomic E-state index is 0.104. The first-order chi connectivity index (χ1) is 13.1. The Kier molecular flexibility index (Phi) is 4.64. The Labute approximate surface area is 159 Å². The van der Waals surface area contributed by atoms with Crippen molar-refractivity contribution in [1.82, 2.24) is 9.88 Å². The Hall–Kier alpha value is -2.40. The number of nitrogens with one attached hydrogen (secondary N) is 1. The van der Waals surface area contributed by atoms with Gasteiger partial charge in [0.15, 0.2) is 0 Å². The van der Waals surface area contributed by atoms with Gasteiger partial charge in [-0.25, -0.2) is 0 Å². The van der Waals surface area contributed by atoms with Crippen LogP contribution in [0.2, 0.25) is 0 Å². The van der Waals surface area contributed by atoms with Crippen LogP contribution < -0.4 is 5.32 Å². The van der Waals surface area contributed by atoms with E-state index in [1.54, 1.807) is 0 Å². The van der Waals surface area contributed by atoms with E-state index in [2.05, 4.69) is 71.4 Å². The molecule has 0 aliphatic heterocycles. The molecule has 0 fully saturated rings. The van der Waals surface area contributed by atoms with Crippen LogP contribution in [0.4, 0.5) is 0 Å². The van der Waals surface area contributed by atoms with E-state index in [1.165, 1.54) is 32.6 Å². The predicted molar refractivity (Wildman–Crippen MR) is 112 cm³/mol. The van der Waals surface area contributed by atoms with Crippen molar-refractivity contribution in [3.63, 3.8) is 0 Å². The second-order valence-corrected chi connectivity index (χ2v) is 7.51. The van der Waals surface area contributed by atoms with E-state index in [0.717, 1.165) is 12.1 Å². The van der Waals surface area contributed by atoms with E-state index >= 15 is 0 Å². The molecule has 4 nitrogen and oxygen atoms in total. The fourth-order valence-corrected chi connectivity index (χ4v) is 3.83. The van der Waals surface area contributed by atoms with Gasteiger partial charge >= 0.3 is 0 Å². The van der Waals surface area contributed by atoms with Crippen LogP contribution in [0.1, 0.15) is 19.4 Å². The molecule has 0 saturated carbocycles. The molecule has 4 aromatic rings. The summed E-state index contributed by atoms with van der Waals surface area (Å²) < 4.78 is 2.38. The van der Waals surface area contributed by atoms with Gasteiger partial charge in [-0.3, -0.25) is 0 Å². The number of aryl methyl sites for hydroxylation is 1. The fraction of sp³-hybridized carbons (Fsp3) is 0.304. The summed E-state index contributed by atoms with van der Waals surface area (Å²) in [5.74, 6) is 0. The monoisotopic (exact) mass is 362 g/mol. The number of hydrogen-bond acceptors (Lipinski definition) is 3. The van der Waals surface area contributed by atoms with Crippen LogP contribution >= 0.6 is 0 Å². The van der Waals surface area contributed by atoms with Crippen LogP contribution in [0.5, 0.6) is 0 Å². The van der Waals surface area contributed by atoms with Crippen molar-refractivity contribution in [2.24, 2.45) is 0 Å². The standard InChI is InChI=1S/C23H26N2O2/c1-3-25-21-12-16(13-24-23(2,14-26)15-27)8-10-19(21)20-11-9-17-6-4-5-7-18(17)22(20)25/h4-12,24,26-27H,3,13-15H2,1-2H3. The lowest BCUT2D eigenvalue weighted by molar-refractivity contribution is 0.103. The lowest BCUT2D eigenvalue weighted by Gasteiger charge is -2.26. The van der Waals surface area contributed by atoms with Crippen molar-refractivity contribution in [1.29, 1.82) is 0 Å². The fourth-order valence-electron chi connectivity index (χ4n) is 3.83. The molecule has 0 radical (unpaired) electrons. The maximum Gasteiger partial charge on any atom is 0.0633 e. The molecule has 0 unspecified atom stereocenters. The highest BCUT2D eigenvalue weighted by molar-refractivity contribution is 6.17. The molecule has 140 valence electrons. The number of hydrogen-bond donors (Lipinski definition) is 3. The summed E-state index contributed by atoms with van der Waals surface area (Å²) in [6, 6.07) is 19.5. The Morgan fingerprint density at radius 3 is 2.41 bits per heavy atom. The molecule has 3 aromatic carbocycles. The van der Waals surface area contributed by atoms with E-state index in [4.69, 9.17) is 0 Å². The van der Waals surface area contributed by atoms with Crippen molar-refractivity contribution >= 4 is 32.6 Å². The molecular weight excluding hydrogens is 336 g/mol. The summed E-state index contributed by atoms with van der Waals surface area (Å²) in [6.07, 6.45) is 0. The minimum Gasteiger partial charge on any atom is -0.394 e. The maximum atomic E-state index is 9.49. The lowest BCUT2D eigenvalue weighted by atomic mass is 10.0. The first-order valence-corrected chi connectivity index (χ1v) is 9.49. The average molecular weight is 362 g/mol. The number of aliphatic hydroxyl groups excluding tert-OH is 2. The van der Waals surface area contributed by atoms with E-state index in [9.17, 15) is 10.2 Å². The Bertz CT molecular complexity index is 1110. The van der Waals surface area contributed by atoms with Crippen molar-refractivity contribution in [3.05, 3.63) is 60.2 Å². The minimum atomic E-state index is -0.678. The third-order valence-corrected chi connectivity index (χ3v) is 5.55. The summed E-state index contributed by atoms with van der Waals surface area (Å²) in [4.78, 5) is 0. The van der Waals surface area contributed by atoms with Crippen molar-refractivity contribution < 1.29 is 10.2 Å². The number of fused-ring (bicyclic) bond motifs is 5. The zero-order chi connectivity index (χ0) is 19.0. The van der Waals surface area contributed by atoms with Crippen LogP contribution in [0.3, 0.4) is 0 Å². The topological polar surface area (TPSA) is 57.4 Å². The highest BCUT2D eigenvalue weighted by Crippen LogP contribution is 2.34. The molecular formula is C23H26N2O2. The first-order valence-electron chi connectivity index (χ1n) is 9.49. The molecule has 0 aliphatic rings. The molecule has 1 heterocycles. The van der Waals surface area contributed by atoms with Gasteiger partial charge in [0, 0.05) is 34.8 Å². The number of rotatable bonds is 6. The Balaban J connectivity index is 1.86. The second kappa shape index (κ2) is 6.97. The number of aliphatic hydroxyl groups is 2. The van der Waals surface area contributed by atoms with Crippen LogP contribution in [0, 0.1) is 0 Å². The van der Waals surface area contributed by atoms with Crippen molar-refractivity contribution in [2.45, 2.75) is 32.5 Å². The molecule has 3 N–H and O–H groups in total. The van der Waals surface area contributed by atoms with Gasteiger partial charge in [-0.1, -0.05) is 48.5 Å². The van der Waals surface area contributed by atoms with Crippen LogP contribution in [-0.4, -0.2) is 33.5 Å². The van der Waals surface area contributed by atoms with Gasteiger partial charge in [0.05, 0.1) is 24.3 Å². The predicted octanol–water partition coefficient (Wildman–Crippen LogP) is 3.80. The maximum absolute atomic E-state index is 9.49. The van der Waals surface area contributed by atoms with Crippen LogP contribution in [0.25, 0.3) is 32.6 Å². The number of benzene rings is 3. The molecule has 4 rings (SSSR count). The van der Waals surface area contributed by atoms with Gasteiger partial charge in [0.2, 0.25) is 0 Å². The Morgan fingerprint density at radius 1 is 0.926 bits per heavy atom. The van der Waals surface area contributed by atoms with Gasteiger partial charge in [0.1, 0.15) is 0 Å². The smallest absolute Gasteiger partial charge is 0.0633 e. The van der Waals surface area contributed by atoms with Gasteiger partial charge in [-0.05, 0) is 30.9 Å². The first kappa shape index (κ1) is 18.0. The number of aromatic nitrogens is 1. The van der Waals surface area contributed by atoms with Gasteiger partial charge < -0.3 is 20.1 Å². The summed E-state index contributed by atoms with van der Waals surface area (Å²) >= 11 is 0. The molecule has 1 aromatic heterocycles. The van der Waals surface area contributed by atoms with E-state index in [-0.39, 0.29) is 13.2 Å².